The van der Waals surface area contributed by atoms with Crippen LogP contribution in [0.25, 0.3) is 0 Å². The van der Waals surface area contributed by atoms with Gasteiger partial charge >= 0.3 is 6.09 Å². The predicted molar refractivity (Wildman–Crippen MR) is 105 cm³/mol. The third-order valence-electron chi connectivity index (χ3n) is 5.34. The maximum atomic E-state index is 12.7. The Bertz CT molecular complexity index is 677. The summed E-state index contributed by atoms with van der Waals surface area (Å²) in [4.78, 5) is 32.9. The van der Waals surface area contributed by atoms with Crippen LogP contribution in [0.2, 0.25) is 0 Å². The molecule has 1 saturated heterocycles. The fraction of sp³-hybridized carbons (Fsp3) is 0.667. The lowest BCUT2D eigenvalue weighted by atomic mass is 9.91. The number of carbonyl (C=O) groups is 2. The molecule has 1 aromatic rings. The largest absolute Gasteiger partial charge is 0.443 e. The van der Waals surface area contributed by atoms with E-state index in [0.29, 0.717) is 5.82 Å². The second-order valence-electron chi connectivity index (χ2n) is 8.61. The molecule has 27 heavy (non-hydrogen) atoms. The van der Waals surface area contributed by atoms with Gasteiger partial charge in [0, 0.05) is 25.7 Å². The van der Waals surface area contributed by atoms with Crippen LogP contribution >= 0.6 is 0 Å². The van der Waals surface area contributed by atoms with Crippen molar-refractivity contribution in [3.63, 3.8) is 0 Å². The second kappa shape index (κ2) is 7.87. The summed E-state index contributed by atoms with van der Waals surface area (Å²) in [6.07, 6.45) is 7.68. The number of carbonyl (C=O) groups excluding carboxylic acids is 2. The molecule has 0 spiro atoms. The molecular weight excluding hydrogens is 342 g/mol. The number of hydrogen-bond acceptors (Lipinski definition) is 4. The fourth-order valence-corrected chi connectivity index (χ4v) is 3.78. The molecule has 1 saturated carbocycles. The van der Waals surface area contributed by atoms with Crippen molar-refractivity contribution in [3.05, 3.63) is 23.9 Å². The van der Waals surface area contributed by atoms with Crippen molar-refractivity contribution in [1.29, 1.82) is 0 Å². The molecule has 0 bridgehead atoms. The Morgan fingerprint density at radius 1 is 1.15 bits per heavy atom. The van der Waals surface area contributed by atoms with Crippen molar-refractivity contribution >= 4 is 17.8 Å². The number of amides is 2. The zero-order valence-electron chi connectivity index (χ0n) is 16.9. The van der Waals surface area contributed by atoms with E-state index in [-0.39, 0.29) is 24.1 Å². The van der Waals surface area contributed by atoms with Gasteiger partial charge in [-0.2, -0.15) is 0 Å². The van der Waals surface area contributed by atoms with E-state index < -0.39 is 5.60 Å². The molecular formula is C21H31N3O3. The second-order valence-corrected chi connectivity index (χ2v) is 8.61. The van der Waals surface area contributed by atoms with Crippen molar-refractivity contribution < 1.29 is 14.3 Å². The van der Waals surface area contributed by atoms with Gasteiger partial charge in [-0.05, 0) is 70.9 Å². The van der Waals surface area contributed by atoms with Crippen LogP contribution in [0.1, 0.15) is 77.8 Å². The average molecular weight is 373 g/mol. The van der Waals surface area contributed by atoms with Crippen LogP contribution in [0.5, 0.6) is 0 Å². The SMILES string of the molecule is CC(=O)N1CCCC[C@@H]1c1ccc(N(C(=O)OC(C)(C)C)C2CCC2)nc1. The summed E-state index contributed by atoms with van der Waals surface area (Å²) in [5.41, 5.74) is 0.495. The number of aromatic nitrogens is 1. The quantitative estimate of drug-likeness (QED) is 0.785. The molecule has 2 amide bonds. The molecule has 2 aliphatic rings. The van der Waals surface area contributed by atoms with E-state index in [1.165, 1.54) is 0 Å². The van der Waals surface area contributed by atoms with Crippen LogP contribution in [0.3, 0.4) is 0 Å². The lowest BCUT2D eigenvalue weighted by molar-refractivity contribution is -0.132. The number of pyridine rings is 1. The molecule has 1 aromatic heterocycles. The van der Waals surface area contributed by atoms with E-state index in [2.05, 4.69) is 4.98 Å². The molecule has 2 fully saturated rings. The van der Waals surface area contributed by atoms with Crippen molar-refractivity contribution in [2.24, 2.45) is 0 Å². The first-order chi connectivity index (χ1) is 12.8. The highest BCUT2D eigenvalue weighted by atomic mass is 16.6. The minimum absolute atomic E-state index is 0.0801. The Hall–Kier alpha value is -2.11. The van der Waals surface area contributed by atoms with Gasteiger partial charge in [0.15, 0.2) is 0 Å². The number of likely N-dealkylation sites (tertiary alicyclic amines) is 1. The lowest BCUT2D eigenvalue weighted by Crippen LogP contribution is -2.47. The van der Waals surface area contributed by atoms with Gasteiger partial charge < -0.3 is 9.64 Å². The van der Waals surface area contributed by atoms with E-state index in [1.54, 1.807) is 11.8 Å². The van der Waals surface area contributed by atoms with Gasteiger partial charge in [-0.3, -0.25) is 9.69 Å². The van der Waals surface area contributed by atoms with Gasteiger partial charge in [-0.25, -0.2) is 9.78 Å². The van der Waals surface area contributed by atoms with Crippen molar-refractivity contribution in [3.8, 4) is 0 Å². The maximum absolute atomic E-state index is 12.7. The van der Waals surface area contributed by atoms with Crippen LogP contribution in [0.15, 0.2) is 18.3 Å². The average Bonchev–Trinajstić information content (AvgIpc) is 2.56. The van der Waals surface area contributed by atoms with Gasteiger partial charge in [-0.15, -0.1) is 0 Å². The molecule has 3 rings (SSSR count). The molecule has 1 aliphatic heterocycles. The summed E-state index contributed by atoms with van der Waals surface area (Å²) in [6.45, 7) is 8.05. The number of rotatable bonds is 3. The first-order valence-corrected chi connectivity index (χ1v) is 10.0. The molecule has 0 N–H and O–H groups in total. The van der Waals surface area contributed by atoms with Gasteiger partial charge in [-0.1, -0.05) is 6.07 Å². The van der Waals surface area contributed by atoms with Crippen LogP contribution in [-0.4, -0.2) is 40.1 Å². The number of ether oxygens (including phenoxy) is 1. The smallest absolute Gasteiger partial charge is 0.416 e. The number of nitrogens with zero attached hydrogens (tertiary/aromatic N) is 3. The van der Waals surface area contributed by atoms with E-state index in [9.17, 15) is 9.59 Å². The number of anilines is 1. The predicted octanol–water partition coefficient (Wildman–Crippen LogP) is 4.45. The van der Waals surface area contributed by atoms with Crippen molar-refractivity contribution in [2.45, 2.75) is 83.9 Å². The highest BCUT2D eigenvalue weighted by Gasteiger charge is 2.34. The highest BCUT2D eigenvalue weighted by Crippen LogP contribution is 2.33. The Kier molecular flexibility index (Phi) is 5.72. The summed E-state index contributed by atoms with van der Waals surface area (Å²) in [5, 5.41) is 0. The summed E-state index contributed by atoms with van der Waals surface area (Å²) < 4.78 is 5.60. The first kappa shape index (κ1) is 19.6. The van der Waals surface area contributed by atoms with Gasteiger partial charge in [0.2, 0.25) is 5.91 Å². The maximum Gasteiger partial charge on any atom is 0.416 e. The van der Waals surface area contributed by atoms with Crippen molar-refractivity contribution in [2.75, 3.05) is 11.4 Å². The van der Waals surface area contributed by atoms with E-state index in [1.807, 2.05) is 44.0 Å². The van der Waals surface area contributed by atoms with Gasteiger partial charge in [0.1, 0.15) is 11.4 Å². The Morgan fingerprint density at radius 2 is 1.89 bits per heavy atom. The van der Waals surface area contributed by atoms with E-state index in [0.717, 1.165) is 50.6 Å². The summed E-state index contributed by atoms with van der Waals surface area (Å²) in [7, 11) is 0. The molecule has 0 aromatic carbocycles. The highest BCUT2D eigenvalue weighted by molar-refractivity contribution is 5.87. The van der Waals surface area contributed by atoms with Gasteiger partial charge in [0.05, 0.1) is 6.04 Å². The minimum atomic E-state index is -0.539. The monoisotopic (exact) mass is 373 g/mol. The molecule has 148 valence electrons. The Balaban J connectivity index is 1.80. The number of hydrogen-bond donors (Lipinski definition) is 0. The van der Waals surface area contributed by atoms with E-state index in [4.69, 9.17) is 4.74 Å². The molecule has 2 heterocycles. The minimum Gasteiger partial charge on any atom is -0.443 e. The third kappa shape index (κ3) is 4.60. The zero-order valence-corrected chi connectivity index (χ0v) is 16.9. The Labute approximate surface area is 161 Å². The van der Waals surface area contributed by atoms with Crippen molar-refractivity contribution in [1.82, 2.24) is 9.88 Å². The Morgan fingerprint density at radius 3 is 2.41 bits per heavy atom. The summed E-state index contributed by atoms with van der Waals surface area (Å²) >= 11 is 0. The molecule has 6 heteroatoms. The standard InChI is InChI=1S/C21H31N3O3/c1-15(25)23-13-6-5-10-18(23)16-11-12-19(22-14-16)24(17-8-7-9-17)20(26)27-21(2,3)4/h11-12,14,17-18H,5-10,13H2,1-4H3/t18-/m1/s1. The van der Waals surface area contributed by atoms with Gasteiger partial charge in [0.25, 0.3) is 0 Å². The van der Waals surface area contributed by atoms with Crippen LogP contribution in [-0.2, 0) is 9.53 Å². The van der Waals surface area contributed by atoms with E-state index >= 15 is 0 Å². The molecule has 6 nitrogen and oxygen atoms in total. The molecule has 0 radical (unpaired) electrons. The van der Waals surface area contributed by atoms with Crippen LogP contribution in [0, 0.1) is 0 Å². The normalized spacial score (nSPS) is 20.7. The number of piperidine rings is 1. The third-order valence-corrected chi connectivity index (χ3v) is 5.34. The summed E-state index contributed by atoms with van der Waals surface area (Å²) in [6, 6.07) is 4.13. The molecule has 0 unspecified atom stereocenters. The molecule has 1 atom stereocenters. The lowest BCUT2D eigenvalue weighted by Gasteiger charge is -2.38. The first-order valence-electron chi connectivity index (χ1n) is 10.0. The van der Waals surface area contributed by atoms with Crippen LogP contribution < -0.4 is 4.90 Å². The molecule has 1 aliphatic carbocycles. The fourth-order valence-electron chi connectivity index (χ4n) is 3.78. The topological polar surface area (TPSA) is 62.7 Å². The van der Waals surface area contributed by atoms with Crippen LogP contribution in [0.4, 0.5) is 10.6 Å². The zero-order chi connectivity index (χ0) is 19.6. The summed E-state index contributed by atoms with van der Waals surface area (Å²) in [5.74, 6) is 0.733.